The third-order valence-corrected chi connectivity index (χ3v) is 0. The van der Waals surface area contributed by atoms with Crippen LogP contribution in [0.25, 0.3) is 0 Å². The summed E-state index contributed by atoms with van der Waals surface area (Å²) >= 11 is 0. The third-order valence-electron chi connectivity index (χ3n) is 0. The van der Waals surface area contributed by atoms with Crippen molar-refractivity contribution in [2.24, 2.45) is 0 Å². The first-order valence-electron chi connectivity index (χ1n) is 0.698. The second-order valence-corrected chi connectivity index (χ2v) is 1.34. The van der Waals surface area contributed by atoms with E-state index in [0.717, 1.165) is 0 Å². The summed E-state index contributed by atoms with van der Waals surface area (Å²) in [4.78, 5) is 0. The predicted octanol–water partition coefficient (Wildman–Crippen LogP) is -0.655. The summed E-state index contributed by atoms with van der Waals surface area (Å²) in [6, 6.07) is 0. The first-order chi connectivity index (χ1) is 2.00. The molecule has 4 nitrogen and oxygen atoms in total. The molecule has 2 N–H and O–H groups in total. The van der Waals surface area contributed by atoms with Gasteiger partial charge in [0.1, 0.15) is 0 Å². The number of rotatable bonds is 0. The van der Waals surface area contributed by atoms with E-state index >= 15 is 0 Å². The normalized spacial score (nSPS) is 9.67. The summed E-state index contributed by atoms with van der Waals surface area (Å²) < 4.78 is 31.6. The van der Waals surface area contributed by atoms with E-state index < -0.39 is 10.4 Å². The molecule has 41 valence electrons. The van der Waals surface area contributed by atoms with Crippen LogP contribution in [0.3, 0.4) is 0 Å². The van der Waals surface area contributed by atoms with Gasteiger partial charge in [-0.05, 0) is 0 Å². The Kier molecular flexibility index (Phi) is 4.45. The Labute approximate surface area is 50.6 Å². The topological polar surface area (TPSA) is 74.6 Å². The Morgan fingerprint density at radius 1 is 1.17 bits per heavy atom. The smallest absolute Gasteiger partial charge is 0.264 e. The molecule has 0 aromatic rings. The van der Waals surface area contributed by atoms with Crippen molar-refractivity contribution in [2.75, 3.05) is 0 Å². The molecule has 6 heavy (non-hydrogen) atoms. The zero-order chi connectivity index (χ0) is 4.50. The Morgan fingerprint density at radius 2 is 1.17 bits per heavy atom. The van der Waals surface area contributed by atoms with E-state index in [2.05, 4.69) is 0 Å². The number of hydrogen-bond donors (Lipinski definition) is 2. The van der Waals surface area contributed by atoms with Gasteiger partial charge in [-0.1, -0.05) is 0 Å². The van der Waals surface area contributed by atoms with E-state index in [-0.39, 0.29) is 22.4 Å². The van der Waals surface area contributed by atoms with E-state index in [1.165, 1.54) is 0 Å². The molecule has 0 atom stereocenters. The van der Waals surface area contributed by atoms with Crippen molar-refractivity contribution < 1.29 is 39.9 Å². The molecule has 0 aromatic carbocycles. The van der Waals surface area contributed by atoms with Crippen molar-refractivity contribution in [3.8, 4) is 0 Å². The zero-order valence-electron chi connectivity index (χ0n) is 2.42. The Bertz CT molecular complexity index is 90.7. The van der Waals surface area contributed by atoms with E-state index in [0.29, 0.717) is 0 Å². The van der Waals surface area contributed by atoms with Crippen molar-refractivity contribution in [1.29, 1.82) is 0 Å². The first kappa shape index (κ1) is 9.79. The fraction of sp³-hybridized carbons (Fsp3) is 0. The molecule has 0 bridgehead atoms. The largest absolute Gasteiger partial charge is 2.00 e. The Hall–Kier alpha value is 0.610. The van der Waals surface area contributed by atoms with E-state index in [1.54, 1.807) is 0 Å². The van der Waals surface area contributed by atoms with Crippen molar-refractivity contribution >= 4 is 10.4 Å². The summed E-state index contributed by atoms with van der Waals surface area (Å²) in [6.45, 7) is 0. The maximum Gasteiger partial charge on any atom is 2.00 e. The molecule has 0 fully saturated rings. The molecule has 0 saturated heterocycles. The minimum absolute atomic E-state index is 0. The summed E-state index contributed by atoms with van der Waals surface area (Å²) in [6.07, 6.45) is 0. The van der Waals surface area contributed by atoms with Crippen LogP contribution in [0.2, 0.25) is 0 Å². The van der Waals surface area contributed by atoms with Gasteiger partial charge in [-0.2, -0.15) is 8.42 Å². The summed E-state index contributed by atoms with van der Waals surface area (Å²) in [5.41, 5.74) is 0. The van der Waals surface area contributed by atoms with Gasteiger partial charge in [-0.15, -0.1) is 0 Å². The molecule has 0 unspecified atom stereocenters. The molecule has 0 aliphatic heterocycles. The van der Waals surface area contributed by atoms with Gasteiger partial charge in [0.05, 0.1) is 0 Å². The van der Waals surface area contributed by atoms with Crippen molar-refractivity contribution in [1.82, 2.24) is 0 Å². The van der Waals surface area contributed by atoms with Gasteiger partial charge in [0.15, 0.2) is 0 Å². The van der Waals surface area contributed by atoms with Gasteiger partial charge in [0.2, 0.25) is 0 Å². The third kappa shape index (κ3) is 161. The van der Waals surface area contributed by atoms with E-state index in [9.17, 15) is 0 Å². The van der Waals surface area contributed by atoms with Crippen LogP contribution in [-0.2, 0) is 32.8 Å². The fourth-order valence-electron chi connectivity index (χ4n) is 0. The maximum atomic E-state index is 8.74. The van der Waals surface area contributed by atoms with Crippen LogP contribution < -0.4 is 0 Å². The molecule has 0 saturated carbocycles. The quantitative estimate of drug-likeness (QED) is 0.407. The minimum Gasteiger partial charge on any atom is -0.264 e. The van der Waals surface area contributed by atoms with Crippen LogP contribution in [0.15, 0.2) is 0 Å². The van der Waals surface area contributed by atoms with E-state index in [1.807, 2.05) is 0 Å². The molecule has 0 aliphatic rings. The van der Waals surface area contributed by atoms with Crippen LogP contribution in [0.1, 0.15) is 0 Å². The molecule has 0 aromatic heterocycles. The zero-order valence-corrected chi connectivity index (χ0v) is 4.72. The van der Waals surface area contributed by atoms with Gasteiger partial charge in [0.25, 0.3) is 0 Å². The van der Waals surface area contributed by atoms with Crippen LogP contribution in [0.5, 0.6) is 0 Å². The SMILES string of the molecule is O=S(=O)(O)O.[Ag+2]. The Morgan fingerprint density at radius 3 is 1.17 bits per heavy atom. The summed E-state index contributed by atoms with van der Waals surface area (Å²) in [5.74, 6) is 0. The van der Waals surface area contributed by atoms with Crippen molar-refractivity contribution in [3.63, 3.8) is 0 Å². The second-order valence-electron chi connectivity index (χ2n) is 0.448. The molecule has 1 radical (unpaired) electrons. The number of hydrogen-bond acceptors (Lipinski definition) is 2. The van der Waals surface area contributed by atoms with Gasteiger partial charge in [0, 0.05) is 0 Å². The molecular weight excluding hydrogens is 204 g/mol. The minimum atomic E-state index is -4.67. The summed E-state index contributed by atoms with van der Waals surface area (Å²) in [7, 11) is -4.67. The maximum absolute atomic E-state index is 8.74. The molecule has 0 rings (SSSR count). The molecule has 6 heteroatoms. The van der Waals surface area contributed by atoms with E-state index in [4.69, 9.17) is 17.5 Å². The van der Waals surface area contributed by atoms with Gasteiger partial charge >= 0.3 is 32.8 Å². The van der Waals surface area contributed by atoms with Gasteiger partial charge in [-0.25, -0.2) is 0 Å². The molecule has 0 amide bonds. The van der Waals surface area contributed by atoms with Crippen LogP contribution in [-0.4, -0.2) is 17.5 Å². The van der Waals surface area contributed by atoms with Crippen LogP contribution in [0.4, 0.5) is 0 Å². The van der Waals surface area contributed by atoms with Crippen LogP contribution >= 0.6 is 0 Å². The average molecular weight is 206 g/mol. The molecule has 0 aliphatic carbocycles. The molecular formula is H2AgO4S+2. The van der Waals surface area contributed by atoms with Crippen molar-refractivity contribution in [3.05, 3.63) is 0 Å². The fourth-order valence-corrected chi connectivity index (χ4v) is 0. The van der Waals surface area contributed by atoms with Crippen molar-refractivity contribution in [2.45, 2.75) is 0 Å². The average Bonchev–Trinajstić information content (AvgIpc) is 0.722. The Balaban J connectivity index is 0. The van der Waals surface area contributed by atoms with Gasteiger partial charge < -0.3 is 0 Å². The molecule has 0 heterocycles. The first-order valence-corrected chi connectivity index (χ1v) is 2.10. The monoisotopic (exact) mass is 205 g/mol. The molecule has 0 spiro atoms. The second kappa shape index (κ2) is 2.73. The predicted molar refractivity (Wildman–Crippen MR) is 14.2 cm³/mol. The summed E-state index contributed by atoms with van der Waals surface area (Å²) in [5, 5.41) is 0. The van der Waals surface area contributed by atoms with Gasteiger partial charge in [-0.3, -0.25) is 9.11 Å². The standard InChI is InChI=1S/Ag.H2O4S/c;1-5(2,3)4/h;(H2,1,2,3,4)/q+2;. The van der Waals surface area contributed by atoms with Crippen LogP contribution in [0, 0.1) is 0 Å².